The molecule has 0 amide bonds. The van der Waals surface area contributed by atoms with Crippen LogP contribution in [-0.4, -0.2) is 20.6 Å². The molecule has 0 aliphatic heterocycles. The summed E-state index contributed by atoms with van der Waals surface area (Å²) in [5.74, 6) is -0.774. The van der Waals surface area contributed by atoms with E-state index in [1.54, 1.807) is 6.33 Å². The molecule has 0 radical (unpaired) electrons. The van der Waals surface area contributed by atoms with Crippen molar-refractivity contribution >= 4 is 17.6 Å². The van der Waals surface area contributed by atoms with E-state index in [4.69, 9.17) is 16.7 Å². The van der Waals surface area contributed by atoms with Crippen LogP contribution in [0.3, 0.4) is 0 Å². The Hall–Kier alpha value is -1.03. The maximum absolute atomic E-state index is 10.3. The zero-order chi connectivity index (χ0) is 10.6. The molecule has 0 fully saturated rings. The molecule has 1 heterocycles. The zero-order valence-corrected chi connectivity index (χ0v) is 8.79. The minimum Gasteiger partial charge on any atom is -0.481 e. The minimum atomic E-state index is -0.774. The van der Waals surface area contributed by atoms with Gasteiger partial charge < -0.3 is 9.67 Å². The van der Waals surface area contributed by atoms with E-state index < -0.39 is 5.97 Å². The van der Waals surface area contributed by atoms with Gasteiger partial charge in [-0.15, -0.1) is 0 Å². The first-order valence-electron chi connectivity index (χ1n) is 4.56. The number of hydrogen-bond acceptors (Lipinski definition) is 2. The van der Waals surface area contributed by atoms with Gasteiger partial charge in [0.05, 0.1) is 12.0 Å². The van der Waals surface area contributed by atoms with Crippen molar-refractivity contribution in [3.63, 3.8) is 0 Å². The average Bonchev–Trinajstić information content (AvgIpc) is 2.47. The van der Waals surface area contributed by atoms with E-state index in [-0.39, 0.29) is 6.42 Å². The predicted octanol–water partition coefficient (Wildman–Crippen LogP) is 1.96. The van der Waals surface area contributed by atoms with E-state index >= 15 is 0 Å². The number of halogens is 1. The molecule has 1 N–H and O–H groups in total. The lowest BCUT2D eigenvalue weighted by Crippen LogP contribution is -2.02. The Balaban J connectivity index is 2.56. The third kappa shape index (κ3) is 2.73. The first-order chi connectivity index (χ1) is 6.65. The number of carboxylic acid groups (broad SMARTS) is 1. The van der Waals surface area contributed by atoms with Crippen LogP contribution in [0.15, 0.2) is 6.33 Å². The number of rotatable bonds is 5. The number of hydrogen-bond donors (Lipinski definition) is 1. The number of carbonyl (C=O) groups is 1. The van der Waals surface area contributed by atoms with Crippen LogP contribution in [0.2, 0.25) is 5.15 Å². The minimum absolute atomic E-state index is 0.172. The van der Waals surface area contributed by atoms with E-state index in [1.165, 1.54) is 0 Å². The highest BCUT2D eigenvalue weighted by Crippen LogP contribution is 2.16. The van der Waals surface area contributed by atoms with Gasteiger partial charge in [0.1, 0.15) is 5.15 Å². The van der Waals surface area contributed by atoms with Gasteiger partial charge >= 0.3 is 5.97 Å². The van der Waals surface area contributed by atoms with Crippen molar-refractivity contribution < 1.29 is 9.90 Å². The summed E-state index contributed by atoms with van der Waals surface area (Å²) in [4.78, 5) is 14.3. The van der Waals surface area contributed by atoms with Gasteiger partial charge in [0, 0.05) is 13.0 Å². The number of aromatic nitrogens is 2. The molecule has 4 nitrogen and oxygen atoms in total. The van der Waals surface area contributed by atoms with Gasteiger partial charge in [0.25, 0.3) is 0 Å². The number of aliphatic carboxylic acids is 1. The van der Waals surface area contributed by atoms with Crippen molar-refractivity contribution in [1.82, 2.24) is 9.55 Å². The van der Waals surface area contributed by atoms with Crippen molar-refractivity contribution in [1.29, 1.82) is 0 Å². The van der Waals surface area contributed by atoms with Crippen molar-refractivity contribution in [3.8, 4) is 0 Å². The highest BCUT2D eigenvalue weighted by molar-refractivity contribution is 6.30. The highest BCUT2D eigenvalue weighted by Gasteiger charge is 2.08. The van der Waals surface area contributed by atoms with Gasteiger partial charge in [0.2, 0.25) is 0 Å². The summed E-state index contributed by atoms with van der Waals surface area (Å²) in [6.45, 7) is 2.81. The molecule has 0 unspecified atom stereocenters. The van der Waals surface area contributed by atoms with Crippen LogP contribution in [0.4, 0.5) is 0 Å². The number of nitrogens with zero attached hydrogens (tertiary/aromatic N) is 2. The summed E-state index contributed by atoms with van der Waals surface area (Å²) in [6.07, 6.45) is 3.11. The fourth-order valence-corrected chi connectivity index (χ4v) is 1.56. The second-order valence-electron chi connectivity index (χ2n) is 3.02. The quantitative estimate of drug-likeness (QED) is 0.819. The van der Waals surface area contributed by atoms with Gasteiger partial charge in [-0.1, -0.05) is 11.6 Å². The lowest BCUT2D eigenvalue weighted by Gasteiger charge is -2.04. The van der Waals surface area contributed by atoms with Crippen LogP contribution < -0.4 is 0 Å². The van der Waals surface area contributed by atoms with Gasteiger partial charge in [-0.3, -0.25) is 4.79 Å². The molecule has 78 valence electrons. The van der Waals surface area contributed by atoms with E-state index in [0.717, 1.165) is 12.2 Å². The molecule has 14 heavy (non-hydrogen) atoms. The normalized spacial score (nSPS) is 10.4. The third-order valence-electron chi connectivity index (χ3n) is 2.04. The molecular weight excluding hydrogens is 204 g/mol. The van der Waals surface area contributed by atoms with Crippen molar-refractivity contribution in [2.24, 2.45) is 0 Å². The van der Waals surface area contributed by atoms with Gasteiger partial charge in [0.15, 0.2) is 0 Å². The predicted molar refractivity (Wildman–Crippen MR) is 53.5 cm³/mol. The molecule has 1 aromatic rings. The second kappa shape index (κ2) is 5.00. The Morgan fingerprint density at radius 2 is 2.43 bits per heavy atom. The molecule has 0 aliphatic rings. The molecule has 0 aromatic carbocycles. The van der Waals surface area contributed by atoms with Gasteiger partial charge in [-0.2, -0.15) is 0 Å². The maximum atomic E-state index is 10.3. The first kappa shape index (κ1) is 11.0. The topological polar surface area (TPSA) is 55.1 Å². The first-order valence-corrected chi connectivity index (χ1v) is 4.94. The molecule has 1 rings (SSSR count). The number of aryl methyl sites for hydroxylation is 1. The highest BCUT2D eigenvalue weighted by atomic mass is 35.5. The van der Waals surface area contributed by atoms with Crippen molar-refractivity contribution in [2.45, 2.75) is 32.7 Å². The summed E-state index contributed by atoms with van der Waals surface area (Å²) in [7, 11) is 0. The molecule has 0 atom stereocenters. The zero-order valence-electron chi connectivity index (χ0n) is 8.03. The monoisotopic (exact) mass is 216 g/mol. The Bertz CT molecular complexity index is 323. The SMILES string of the molecule is CCn1cnc(Cl)c1CCCC(=O)O. The lowest BCUT2D eigenvalue weighted by molar-refractivity contribution is -0.137. The standard InChI is InChI=1S/C9H13ClN2O2/c1-2-12-6-11-9(10)7(12)4-3-5-8(13)14/h6H,2-5H2,1H3,(H,13,14). The summed E-state index contributed by atoms with van der Waals surface area (Å²) >= 11 is 5.86. The Morgan fingerprint density at radius 3 is 3.00 bits per heavy atom. The molecular formula is C9H13ClN2O2. The van der Waals surface area contributed by atoms with Crippen LogP contribution >= 0.6 is 11.6 Å². The van der Waals surface area contributed by atoms with E-state index in [2.05, 4.69) is 4.98 Å². The van der Waals surface area contributed by atoms with Crippen LogP contribution in [-0.2, 0) is 17.8 Å². The maximum Gasteiger partial charge on any atom is 0.303 e. The van der Waals surface area contributed by atoms with E-state index in [1.807, 2.05) is 11.5 Å². The van der Waals surface area contributed by atoms with Crippen LogP contribution in [0.5, 0.6) is 0 Å². The number of imidazole rings is 1. The van der Waals surface area contributed by atoms with Crippen LogP contribution in [0.1, 0.15) is 25.5 Å². The van der Waals surface area contributed by atoms with Crippen molar-refractivity contribution in [2.75, 3.05) is 0 Å². The molecule has 0 aliphatic carbocycles. The summed E-state index contributed by atoms with van der Waals surface area (Å²) in [5.41, 5.74) is 0.926. The number of carboxylic acids is 1. The van der Waals surface area contributed by atoms with Crippen LogP contribution in [0, 0.1) is 0 Å². The average molecular weight is 217 g/mol. The lowest BCUT2D eigenvalue weighted by atomic mass is 10.2. The Labute approximate surface area is 87.5 Å². The van der Waals surface area contributed by atoms with E-state index in [0.29, 0.717) is 18.0 Å². The molecule has 0 spiro atoms. The summed E-state index contributed by atoms with van der Waals surface area (Å²) in [6, 6.07) is 0. The molecule has 0 saturated heterocycles. The Kier molecular flexibility index (Phi) is 3.95. The molecule has 0 bridgehead atoms. The molecule has 0 saturated carbocycles. The summed E-state index contributed by atoms with van der Waals surface area (Å²) in [5, 5.41) is 8.97. The molecule has 1 aromatic heterocycles. The summed E-state index contributed by atoms with van der Waals surface area (Å²) < 4.78 is 1.93. The second-order valence-corrected chi connectivity index (χ2v) is 3.37. The Morgan fingerprint density at radius 1 is 1.71 bits per heavy atom. The van der Waals surface area contributed by atoms with Gasteiger partial charge in [-0.25, -0.2) is 4.98 Å². The largest absolute Gasteiger partial charge is 0.481 e. The van der Waals surface area contributed by atoms with Gasteiger partial charge in [-0.05, 0) is 19.8 Å². The van der Waals surface area contributed by atoms with Crippen molar-refractivity contribution in [3.05, 3.63) is 17.2 Å². The van der Waals surface area contributed by atoms with E-state index in [9.17, 15) is 4.79 Å². The fourth-order valence-electron chi connectivity index (χ4n) is 1.31. The third-order valence-corrected chi connectivity index (χ3v) is 2.36. The van der Waals surface area contributed by atoms with Crippen LogP contribution in [0.25, 0.3) is 0 Å². The molecule has 5 heteroatoms. The smallest absolute Gasteiger partial charge is 0.303 e. The fraction of sp³-hybridized carbons (Fsp3) is 0.556.